The van der Waals surface area contributed by atoms with E-state index in [1.807, 2.05) is 0 Å². The molecule has 13 heavy (non-hydrogen) atoms. The fraction of sp³-hybridized carbons (Fsp3) is 0.875. The van der Waals surface area contributed by atoms with E-state index < -0.39 is 17.3 Å². The van der Waals surface area contributed by atoms with E-state index in [1.54, 1.807) is 6.26 Å². The molecule has 1 heterocycles. The molecule has 0 spiro atoms. The fourth-order valence-electron chi connectivity index (χ4n) is 1.71. The first-order valence-corrected chi connectivity index (χ1v) is 6.10. The highest BCUT2D eigenvalue weighted by atomic mass is 32.2. The zero-order valence-corrected chi connectivity index (χ0v) is 8.55. The van der Waals surface area contributed by atoms with Crippen molar-refractivity contribution in [3.05, 3.63) is 0 Å². The highest BCUT2D eigenvalue weighted by molar-refractivity contribution is 7.90. The number of hydrogen-bond donors (Lipinski definition) is 1. The van der Waals surface area contributed by atoms with Gasteiger partial charge in [0.05, 0.1) is 6.26 Å². The third kappa shape index (κ3) is 3.44. The van der Waals surface area contributed by atoms with Gasteiger partial charge in [0.1, 0.15) is 5.75 Å². The molecule has 0 aromatic heterocycles. The van der Waals surface area contributed by atoms with Crippen molar-refractivity contribution in [1.82, 2.24) is 4.90 Å². The van der Waals surface area contributed by atoms with Crippen LogP contribution in [0.1, 0.15) is 12.8 Å². The first-order chi connectivity index (χ1) is 6.09. The first kappa shape index (κ1) is 10.7. The molecular formula is C8H15NO3S. The summed E-state index contributed by atoms with van der Waals surface area (Å²) in [5, 5.41) is 8.74. The monoisotopic (exact) mass is 205 g/mol. The standard InChI is InChI=1S/C8H15NO3S/c1-13(12)6-7-3-2-4-9(5-7)8(10)11/h7H,2-6H2,1H3,(H,10,11). The molecule has 76 valence electrons. The SMILES string of the molecule is C[S+]([O-])CC1CCCN(C(=O)O)C1. The van der Waals surface area contributed by atoms with Crippen molar-refractivity contribution in [2.24, 2.45) is 5.92 Å². The van der Waals surface area contributed by atoms with E-state index in [2.05, 4.69) is 0 Å². The molecule has 1 fully saturated rings. The van der Waals surface area contributed by atoms with Gasteiger partial charge in [-0.1, -0.05) is 11.2 Å². The van der Waals surface area contributed by atoms with Gasteiger partial charge in [-0.25, -0.2) is 4.79 Å². The van der Waals surface area contributed by atoms with E-state index in [0.29, 0.717) is 18.8 Å². The van der Waals surface area contributed by atoms with Crippen molar-refractivity contribution in [3.8, 4) is 0 Å². The second kappa shape index (κ2) is 4.72. The quantitative estimate of drug-likeness (QED) is 0.677. The molecule has 0 bridgehead atoms. The summed E-state index contributed by atoms with van der Waals surface area (Å²) in [7, 11) is 0. The summed E-state index contributed by atoms with van der Waals surface area (Å²) in [6.07, 6.45) is 2.71. The van der Waals surface area contributed by atoms with Crippen LogP contribution in [0.25, 0.3) is 0 Å². The molecule has 0 aromatic rings. The summed E-state index contributed by atoms with van der Waals surface area (Å²) in [5.41, 5.74) is 0. The van der Waals surface area contributed by atoms with Gasteiger partial charge in [-0.3, -0.25) is 0 Å². The van der Waals surface area contributed by atoms with Crippen LogP contribution in [0.15, 0.2) is 0 Å². The molecule has 2 atom stereocenters. The summed E-state index contributed by atoms with van der Waals surface area (Å²) in [4.78, 5) is 12.1. The van der Waals surface area contributed by atoms with Gasteiger partial charge in [0, 0.05) is 19.0 Å². The fourth-order valence-corrected chi connectivity index (χ4v) is 2.64. The molecule has 5 heteroatoms. The molecular weight excluding hydrogens is 190 g/mol. The van der Waals surface area contributed by atoms with Gasteiger partial charge in [0.2, 0.25) is 0 Å². The largest absolute Gasteiger partial charge is 0.617 e. The lowest BCUT2D eigenvalue weighted by molar-refractivity contribution is 0.123. The Labute approximate surface area is 81.1 Å². The van der Waals surface area contributed by atoms with Crippen molar-refractivity contribution in [2.45, 2.75) is 12.8 Å². The van der Waals surface area contributed by atoms with Crippen molar-refractivity contribution in [2.75, 3.05) is 25.1 Å². The van der Waals surface area contributed by atoms with Crippen LogP contribution < -0.4 is 0 Å². The second-order valence-electron chi connectivity index (χ2n) is 3.48. The number of likely N-dealkylation sites (tertiary alicyclic amines) is 1. The number of carbonyl (C=O) groups is 1. The Morgan fingerprint density at radius 2 is 2.46 bits per heavy atom. The van der Waals surface area contributed by atoms with Crippen LogP contribution in [0.2, 0.25) is 0 Å². The van der Waals surface area contributed by atoms with Gasteiger partial charge in [-0.15, -0.1) is 0 Å². The summed E-state index contributed by atoms with van der Waals surface area (Å²) < 4.78 is 10.9. The molecule has 0 aliphatic carbocycles. The number of nitrogens with zero attached hydrogens (tertiary/aromatic N) is 1. The second-order valence-corrected chi connectivity index (χ2v) is 4.96. The molecule has 0 radical (unpaired) electrons. The molecule has 0 aromatic carbocycles. The minimum absolute atomic E-state index is 0.288. The summed E-state index contributed by atoms with van der Waals surface area (Å²) in [6, 6.07) is 0. The van der Waals surface area contributed by atoms with E-state index in [9.17, 15) is 9.35 Å². The van der Waals surface area contributed by atoms with E-state index in [1.165, 1.54) is 4.90 Å². The summed E-state index contributed by atoms with van der Waals surface area (Å²) in [6.45, 7) is 1.18. The number of carboxylic acid groups (broad SMARTS) is 1. The highest BCUT2D eigenvalue weighted by Gasteiger charge is 2.25. The van der Waals surface area contributed by atoms with Gasteiger partial charge in [0.25, 0.3) is 0 Å². The van der Waals surface area contributed by atoms with Crippen LogP contribution in [-0.2, 0) is 11.2 Å². The third-order valence-electron chi connectivity index (χ3n) is 2.26. The molecule has 4 nitrogen and oxygen atoms in total. The van der Waals surface area contributed by atoms with Gasteiger partial charge in [-0.2, -0.15) is 0 Å². The molecule has 1 N–H and O–H groups in total. The van der Waals surface area contributed by atoms with Gasteiger partial charge in [-0.05, 0) is 12.8 Å². The molecule has 1 amide bonds. The molecule has 1 aliphatic rings. The van der Waals surface area contributed by atoms with Crippen LogP contribution in [0.5, 0.6) is 0 Å². The Bertz CT molecular complexity index is 186. The van der Waals surface area contributed by atoms with Crippen molar-refractivity contribution in [3.63, 3.8) is 0 Å². The van der Waals surface area contributed by atoms with Crippen LogP contribution in [0.4, 0.5) is 4.79 Å². The van der Waals surface area contributed by atoms with Gasteiger partial charge >= 0.3 is 6.09 Å². The van der Waals surface area contributed by atoms with E-state index in [-0.39, 0.29) is 5.92 Å². The zero-order chi connectivity index (χ0) is 9.84. The van der Waals surface area contributed by atoms with Crippen molar-refractivity contribution < 1.29 is 14.5 Å². The minimum Gasteiger partial charge on any atom is -0.617 e. The van der Waals surface area contributed by atoms with Gasteiger partial charge < -0.3 is 14.6 Å². The average Bonchev–Trinajstić information content (AvgIpc) is 2.03. The van der Waals surface area contributed by atoms with Crippen molar-refractivity contribution >= 4 is 17.3 Å². The highest BCUT2D eigenvalue weighted by Crippen LogP contribution is 2.17. The van der Waals surface area contributed by atoms with Crippen molar-refractivity contribution in [1.29, 1.82) is 0 Å². The maximum atomic E-state index is 10.9. The minimum atomic E-state index is -0.855. The normalized spacial score (nSPS) is 25.7. The van der Waals surface area contributed by atoms with E-state index in [4.69, 9.17) is 5.11 Å². The van der Waals surface area contributed by atoms with E-state index in [0.717, 1.165) is 12.8 Å². The number of amides is 1. The molecule has 0 saturated carbocycles. The smallest absolute Gasteiger partial charge is 0.407 e. The Hall–Kier alpha value is -0.420. The lowest BCUT2D eigenvalue weighted by atomic mass is 10.0. The lowest BCUT2D eigenvalue weighted by Crippen LogP contribution is -2.40. The van der Waals surface area contributed by atoms with E-state index >= 15 is 0 Å². The first-order valence-electron chi connectivity index (χ1n) is 4.37. The molecule has 1 saturated heterocycles. The Kier molecular flexibility index (Phi) is 3.87. The summed E-state index contributed by atoms with van der Waals surface area (Å²) in [5.74, 6) is 0.916. The third-order valence-corrected chi connectivity index (χ3v) is 3.20. The molecule has 1 rings (SSSR count). The Morgan fingerprint density at radius 1 is 1.77 bits per heavy atom. The molecule has 2 unspecified atom stereocenters. The topological polar surface area (TPSA) is 63.6 Å². The Morgan fingerprint density at radius 3 is 3.00 bits per heavy atom. The zero-order valence-electron chi connectivity index (χ0n) is 7.73. The van der Waals surface area contributed by atoms with Crippen LogP contribution in [-0.4, -0.2) is 45.8 Å². The van der Waals surface area contributed by atoms with Crippen LogP contribution in [0.3, 0.4) is 0 Å². The number of hydrogen-bond acceptors (Lipinski definition) is 2. The van der Waals surface area contributed by atoms with Crippen LogP contribution >= 0.6 is 0 Å². The predicted molar refractivity (Wildman–Crippen MR) is 51.3 cm³/mol. The van der Waals surface area contributed by atoms with Gasteiger partial charge in [0.15, 0.2) is 0 Å². The number of rotatable bonds is 2. The average molecular weight is 205 g/mol. The summed E-state index contributed by atoms with van der Waals surface area (Å²) >= 11 is -0.811. The Balaban J connectivity index is 2.37. The van der Waals surface area contributed by atoms with Crippen LogP contribution in [0, 0.1) is 5.92 Å². The maximum absolute atomic E-state index is 10.9. The maximum Gasteiger partial charge on any atom is 0.407 e. The lowest BCUT2D eigenvalue weighted by Gasteiger charge is -2.30. The number of piperidine rings is 1. The predicted octanol–water partition coefficient (Wildman–Crippen LogP) is 0.755. The molecule has 1 aliphatic heterocycles.